The predicted molar refractivity (Wildman–Crippen MR) is 80.1 cm³/mol. The van der Waals surface area contributed by atoms with E-state index in [0.717, 1.165) is 30.4 Å². The number of hydrogen-bond acceptors (Lipinski definition) is 4. The van der Waals surface area contributed by atoms with E-state index in [2.05, 4.69) is 25.9 Å². The van der Waals surface area contributed by atoms with Crippen molar-refractivity contribution in [2.24, 2.45) is 0 Å². The molecular formula is C13H16BrN5O. The molecule has 106 valence electrons. The smallest absolute Gasteiger partial charge is 0.242 e. The molecule has 2 N–H and O–H groups in total. The Morgan fingerprint density at radius 3 is 2.85 bits per heavy atom. The third-order valence-corrected chi connectivity index (χ3v) is 4.02. The molecule has 0 unspecified atom stereocenters. The maximum atomic E-state index is 12.3. The molecule has 0 radical (unpaired) electrons. The van der Waals surface area contributed by atoms with E-state index >= 15 is 0 Å². The van der Waals surface area contributed by atoms with E-state index < -0.39 is 0 Å². The summed E-state index contributed by atoms with van der Waals surface area (Å²) in [6.07, 6.45) is 5.05. The molecule has 6 nitrogen and oxygen atoms in total. The fourth-order valence-electron chi connectivity index (χ4n) is 2.54. The molecule has 3 rings (SSSR count). The summed E-state index contributed by atoms with van der Waals surface area (Å²) in [5.74, 6) is 0.413. The molecule has 1 amide bonds. The summed E-state index contributed by atoms with van der Waals surface area (Å²) in [5.41, 5.74) is 7.25. The minimum Gasteiger partial charge on any atom is -0.369 e. The number of halogens is 1. The molecule has 1 fully saturated rings. The van der Waals surface area contributed by atoms with Gasteiger partial charge in [0.05, 0.1) is 0 Å². The van der Waals surface area contributed by atoms with Crippen LogP contribution in [0.15, 0.2) is 16.7 Å². The number of nitrogens with two attached hydrogens (primary N) is 1. The molecule has 3 heterocycles. The van der Waals surface area contributed by atoms with Crippen molar-refractivity contribution >= 4 is 38.9 Å². The third-order valence-electron chi connectivity index (χ3n) is 3.58. The molecule has 1 aliphatic rings. The highest BCUT2D eigenvalue weighted by Gasteiger charge is 2.19. The van der Waals surface area contributed by atoms with Crippen LogP contribution in [0.3, 0.4) is 0 Å². The average molecular weight is 338 g/mol. The minimum atomic E-state index is 0.0837. The zero-order chi connectivity index (χ0) is 14.1. The second-order valence-electron chi connectivity index (χ2n) is 4.99. The number of carbonyl (C=O) groups excluding carboxylic acids is 1. The molecule has 1 saturated heterocycles. The Kier molecular flexibility index (Phi) is 3.60. The molecule has 20 heavy (non-hydrogen) atoms. The van der Waals surface area contributed by atoms with Gasteiger partial charge in [-0.3, -0.25) is 9.36 Å². The van der Waals surface area contributed by atoms with E-state index in [1.54, 1.807) is 10.8 Å². The van der Waals surface area contributed by atoms with E-state index in [4.69, 9.17) is 5.73 Å². The van der Waals surface area contributed by atoms with Gasteiger partial charge in [0.1, 0.15) is 12.1 Å². The van der Waals surface area contributed by atoms with Crippen molar-refractivity contribution in [3.05, 3.63) is 16.7 Å². The lowest BCUT2D eigenvalue weighted by atomic mass is 10.1. The lowest BCUT2D eigenvalue weighted by Crippen LogP contribution is -2.37. The summed E-state index contributed by atoms with van der Waals surface area (Å²) in [5, 5.41) is 0. The maximum absolute atomic E-state index is 12.3. The first-order valence-corrected chi connectivity index (χ1v) is 7.49. The predicted octanol–water partition coefficient (Wildman–Crippen LogP) is 1.79. The molecule has 0 saturated carbocycles. The average Bonchev–Trinajstić information content (AvgIpc) is 2.75. The van der Waals surface area contributed by atoms with Crippen molar-refractivity contribution in [3.8, 4) is 0 Å². The number of hydrogen-bond donors (Lipinski definition) is 1. The van der Waals surface area contributed by atoms with Crippen molar-refractivity contribution < 1.29 is 4.79 Å². The monoisotopic (exact) mass is 337 g/mol. The highest BCUT2D eigenvalue weighted by Crippen LogP contribution is 2.20. The number of imidazole rings is 1. The van der Waals surface area contributed by atoms with Gasteiger partial charge in [-0.15, -0.1) is 0 Å². The minimum absolute atomic E-state index is 0.0837. The number of anilines is 1. The Labute approximate surface area is 125 Å². The number of rotatable bonds is 2. The van der Waals surface area contributed by atoms with Gasteiger partial charge in [0.25, 0.3) is 0 Å². The molecule has 0 spiro atoms. The second kappa shape index (κ2) is 5.40. The zero-order valence-corrected chi connectivity index (χ0v) is 12.6. The molecule has 0 atom stereocenters. The number of likely N-dealkylation sites (tertiary alicyclic amines) is 1. The molecule has 0 aromatic carbocycles. The number of fused-ring (bicyclic) bond motifs is 1. The summed E-state index contributed by atoms with van der Waals surface area (Å²) < 4.78 is 2.52. The van der Waals surface area contributed by atoms with Crippen LogP contribution in [0.4, 0.5) is 5.95 Å². The van der Waals surface area contributed by atoms with Crippen molar-refractivity contribution in [1.82, 2.24) is 19.4 Å². The number of nitrogens with zero attached hydrogens (tertiary/aromatic N) is 4. The Bertz CT molecular complexity index is 647. The van der Waals surface area contributed by atoms with E-state index in [1.165, 1.54) is 6.42 Å². The Hall–Kier alpha value is -1.63. The van der Waals surface area contributed by atoms with Gasteiger partial charge in [-0.1, -0.05) is 0 Å². The fraction of sp³-hybridized carbons (Fsp3) is 0.462. The summed E-state index contributed by atoms with van der Waals surface area (Å²) in [4.78, 5) is 22.8. The molecule has 2 aromatic rings. The Balaban J connectivity index is 1.86. The van der Waals surface area contributed by atoms with Crippen LogP contribution in [-0.2, 0) is 11.3 Å². The van der Waals surface area contributed by atoms with Gasteiger partial charge >= 0.3 is 0 Å². The van der Waals surface area contributed by atoms with Gasteiger partial charge in [0, 0.05) is 23.8 Å². The number of aromatic nitrogens is 3. The zero-order valence-electron chi connectivity index (χ0n) is 11.0. The van der Waals surface area contributed by atoms with Crippen LogP contribution in [0.5, 0.6) is 0 Å². The second-order valence-corrected chi connectivity index (χ2v) is 5.91. The van der Waals surface area contributed by atoms with E-state index in [-0.39, 0.29) is 12.5 Å². The molecule has 0 bridgehead atoms. The standard InChI is InChI=1S/C13H16BrN5O/c14-9-6-10-12(16-7-9)19(13(15)17-10)8-11(20)18-4-2-1-3-5-18/h6-7H,1-5,8H2,(H2,15,17). The lowest BCUT2D eigenvalue weighted by Gasteiger charge is -2.26. The lowest BCUT2D eigenvalue weighted by molar-refractivity contribution is -0.132. The number of nitrogen functional groups attached to an aromatic ring is 1. The topological polar surface area (TPSA) is 77.0 Å². The third kappa shape index (κ3) is 2.49. The molecule has 1 aliphatic heterocycles. The first-order chi connectivity index (χ1) is 9.65. The SMILES string of the molecule is Nc1nc2cc(Br)cnc2n1CC(=O)N1CCCCC1. The Morgan fingerprint density at radius 2 is 2.10 bits per heavy atom. The number of pyridine rings is 1. The van der Waals surface area contributed by atoms with E-state index in [9.17, 15) is 4.79 Å². The molecular weight excluding hydrogens is 322 g/mol. The van der Waals surface area contributed by atoms with Crippen molar-refractivity contribution in [3.63, 3.8) is 0 Å². The quantitative estimate of drug-likeness (QED) is 0.906. The largest absolute Gasteiger partial charge is 0.369 e. The van der Waals surface area contributed by atoms with Crippen LogP contribution < -0.4 is 5.73 Å². The highest BCUT2D eigenvalue weighted by molar-refractivity contribution is 9.10. The maximum Gasteiger partial charge on any atom is 0.242 e. The first kappa shape index (κ1) is 13.4. The number of amides is 1. The van der Waals surface area contributed by atoms with Crippen LogP contribution in [0, 0.1) is 0 Å². The summed E-state index contributed by atoms with van der Waals surface area (Å²) in [6, 6.07) is 1.85. The highest BCUT2D eigenvalue weighted by atomic mass is 79.9. The normalized spacial score (nSPS) is 15.8. The van der Waals surface area contributed by atoms with Gasteiger partial charge < -0.3 is 10.6 Å². The van der Waals surface area contributed by atoms with Gasteiger partial charge in [-0.25, -0.2) is 9.97 Å². The van der Waals surface area contributed by atoms with E-state index in [1.807, 2.05) is 11.0 Å². The van der Waals surface area contributed by atoms with Gasteiger partial charge in [0.2, 0.25) is 11.9 Å². The molecule has 7 heteroatoms. The molecule has 2 aromatic heterocycles. The summed E-state index contributed by atoms with van der Waals surface area (Å²) >= 11 is 3.35. The van der Waals surface area contributed by atoms with Crippen LogP contribution in [0.2, 0.25) is 0 Å². The van der Waals surface area contributed by atoms with Gasteiger partial charge in [0.15, 0.2) is 5.65 Å². The van der Waals surface area contributed by atoms with E-state index in [0.29, 0.717) is 17.1 Å². The van der Waals surface area contributed by atoms with Crippen LogP contribution in [0.25, 0.3) is 11.2 Å². The Morgan fingerprint density at radius 1 is 1.35 bits per heavy atom. The van der Waals surface area contributed by atoms with Crippen LogP contribution in [-0.4, -0.2) is 38.4 Å². The van der Waals surface area contributed by atoms with Crippen LogP contribution in [0.1, 0.15) is 19.3 Å². The van der Waals surface area contributed by atoms with Crippen LogP contribution >= 0.6 is 15.9 Å². The number of piperidine rings is 1. The van der Waals surface area contributed by atoms with Gasteiger partial charge in [-0.05, 0) is 41.3 Å². The van der Waals surface area contributed by atoms with Crippen molar-refractivity contribution in [1.29, 1.82) is 0 Å². The summed E-state index contributed by atoms with van der Waals surface area (Å²) in [6.45, 7) is 1.88. The first-order valence-electron chi connectivity index (χ1n) is 6.70. The van der Waals surface area contributed by atoms with Crippen molar-refractivity contribution in [2.45, 2.75) is 25.8 Å². The fourth-order valence-corrected chi connectivity index (χ4v) is 2.86. The molecule has 0 aliphatic carbocycles. The summed E-state index contributed by atoms with van der Waals surface area (Å²) in [7, 11) is 0. The van der Waals surface area contributed by atoms with Gasteiger partial charge in [-0.2, -0.15) is 0 Å². The number of carbonyl (C=O) groups is 1. The van der Waals surface area contributed by atoms with Crippen molar-refractivity contribution in [2.75, 3.05) is 18.8 Å².